The van der Waals surface area contributed by atoms with Gasteiger partial charge in [0, 0.05) is 12.5 Å². The third kappa shape index (κ3) is 3.90. The van der Waals surface area contributed by atoms with E-state index >= 15 is 0 Å². The van der Waals surface area contributed by atoms with Crippen molar-refractivity contribution in [1.29, 1.82) is 0 Å². The van der Waals surface area contributed by atoms with Crippen LogP contribution in [0.2, 0.25) is 0 Å². The van der Waals surface area contributed by atoms with Crippen LogP contribution in [0.15, 0.2) is 23.0 Å². The molecule has 0 aliphatic rings. The molecule has 1 aromatic heterocycles. The molecule has 0 spiro atoms. The molecule has 0 aliphatic carbocycles. The van der Waals surface area contributed by atoms with Gasteiger partial charge >= 0.3 is 0 Å². The summed E-state index contributed by atoms with van der Waals surface area (Å²) in [6.07, 6.45) is 3.64. The summed E-state index contributed by atoms with van der Waals surface area (Å²) < 4.78 is 4.87. The fraction of sp³-hybridized carbons (Fsp3) is 0.500. The maximum absolute atomic E-state index is 11.3. The molecule has 0 unspecified atom stereocenters. The molecule has 0 aliphatic heterocycles. The normalized spacial score (nSPS) is 10.7. The van der Waals surface area contributed by atoms with Crippen molar-refractivity contribution in [2.45, 2.75) is 26.3 Å². The zero-order valence-electron chi connectivity index (χ0n) is 8.04. The van der Waals surface area contributed by atoms with Crippen molar-refractivity contribution in [3.63, 3.8) is 0 Å². The van der Waals surface area contributed by atoms with Crippen LogP contribution in [-0.4, -0.2) is 18.4 Å². The van der Waals surface area contributed by atoms with Gasteiger partial charge in [-0.25, -0.2) is 0 Å². The molecule has 1 aromatic rings. The largest absolute Gasteiger partial charge is 0.472 e. The van der Waals surface area contributed by atoms with E-state index < -0.39 is 0 Å². The highest BCUT2D eigenvalue weighted by atomic mass is 16.3. The number of carbonyl (C=O) groups excluding carboxylic acids is 1. The van der Waals surface area contributed by atoms with Crippen LogP contribution in [0.1, 0.15) is 19.4 Å². The van der Waals surface area contributed by atoms with E-state index in [0.717, 1.165) is 5.56 Å². The molecular weight excluding hydrogens is 166 g/mol. The van der Waals surface area contributed by atoms with Gasteiger partial charge in [0.25, 0.3) is 0 Å². The fourth-order valence-corrected chi connectivity index (χ4v) is 1.00. The van der Waals surface area contributed by atoms with E-state index in [9.17, 15) is 4.79 Å². The summed E-state index contributed by atoms with van der Waals surface area (Å²) in [7, 11) is 0. The average Bonchev–Trinajstić information content (AvgIpc) is 2.53. The number of carbonyl (C=O) groups is 1. The lowest BCUT2D eigenvalue weighted by molar-refractivity contribution is -0.117. The number of hydrogen-bond donors (Lipinski definition) is 1. The summed E-state index contributed by atoms with van der Waals surface area (Å²) in [6.45, 7) is 4.47. The molecule has 0 amide bonds. The highest BCUT2D eigenvalue weighted by Gasteiger charge is 2.04. The second kappa shape index (κ2) is 4.82. The standard InChI is InChI=1S/C10H15NO2/c1-8(2)11-6-10(12)5-9-3-4-13-7-9/h3-4,7-8,11H,5-6H2,1-2H3. The number of ketones is 1. The van der Waals surface area contributed by atoms with Gasteiger partial charge in [-0.1, -0.05) is 13.8 Å². The Kier molecular flexibility index (Phi) is 3.71. The smallest absolute Gasteiger partial charge is 0.151 e. The molecule has 1 heterocycles. The molecule has 3 nitrogen and oxygen atoms in total. The van der Waals surface area contributed by atoms with Crippen molar-refractivity contribution >= 4 is 5.78 Å². The van der Waals surface area contributed by atoms with Crippen LogP contribution in [0.5, 0.6) is 0 Å². The van der Waals surface area contributed by atoms with Gasteiger partial charge in [0.15, 0.2) is 5.78 Å². The van der Waals surface area contributed by atoms with Gasteiger partial charge in [-0.2, -0.15) is 0 Å². The fourth-order valence-electron chi connectivity index (χ4n) is 1.00. The summed E-state index contributed by atoms with van der Waals surface area (Å²) >= 11 is 0. The monoisotopic (exact) mass is 181 g/mol. The molecule has 0 radical (unpaired) electrons. The molecule has 72 valence electrons. The van der Waals surface area contributed by atoms with Gasteiger partial charge in [0.1, 0.15) is 0 Å². The minimum atomic E-state index is 0.190. The second-order valence-electron chi connectivity index (χ2n) is 3.38. The van der Waals surface area contributed by atoms with E-state index in [2.05, 4.69) is 5.32 Å². The van der Waals surface area contributed by atoms with Gasteiger partial charge < -0.3 is 9.73 Å². The first kappa shape index (κ1) is 9.99. The first-order valence-corrected chi connectivity index (χ1v) is 4.44. The highest BCUT2D eigenvalue weighted by Crippen LogP contribution is 2.00. The predicted molar refractivity (Wildman–Crippen MR) is 50.6 cm³/mol. The lowest BCUT2D eigenvalue weighted by atomic mass is 10.2. The number of hydrogen-bond acceptors (Lipinski definition) is 3. The van der Waals surface area contributed by atoms with Crippen molar-refractivity contribution in [1.82, 2.24) is 5.32 Å². The second-order valence-corrected chi connectivity index (χ2v) is 3.38. The Morgan fingerprint density at radius 2 is 2.38 bits per heavy atom. The molecule has 0 bridgehead atoms. The Morgan fingerprint density at radius 3 is 2.92 bits per heavy atom. The van der Waals surface area contributed by atoms with E-state index in [1.807, 2.05) is 19.9 Å². The van der Waals surface area contributed by atoms with Crippen molar-refractivity contribution in [2.24, 2.45) is 0 Å². The first-order valence-electron chi connectivity index (χ1n) is 4.44. The van der Waals surface area contributed by atoms with Crippen LogP contribution in [0.4, 0.5) is 0 Å². The molecule has 1 N–H and O–H groups in total. The van der Waals surface area contributed by atoms with Gasteiger partial charge in [-0.15, -0.1) is 0 Å². The van der Waals surface area contributed by atoms with Gasteiger partial charge in [-0.05, 0) is 11.6 Å². The average molecular weight is 181 g/mol. The molecule has 0 saturated heterocycles. The van der Waals surface area contributed by atoms with Gasteiger partial charge in [-0.3, -0.25) is 4.79 Å². The quantitative estimate of drug-likeness (QED) is 0.746. The zero-order chi connectivity index (χ0) is 9.68. The predicted octanol–water partition coefficient (Wildman–Crippen LogP) is 1.39. The number of rotatable bonds is 5. The molecule has 0 atom stereocenters. The van der Waals surface area contributed by atoms with Crippen LogP contribution >= 0.6 is 0 Å². The van der Waals surface area contributed by atoms with Crippen molar-refractivity contribution in [2.75, 3.05) is 6.54 Å². The maximum atomic E-state index is 11.3. The van der Waals surface area contributed by atoms with E-state index in [1.54, 1.807) is 12.5 Å². The Bertz CT molecular complexity index is 252. The molecule has 13 heavy (non-hydrogen) atoms. The molecule has 1 rings (SSSR count). The van der Waals surface area contributed by atoms with Crippen LogP contribution in [0.25, 0.3) is 0 Å². The van der Waals surface area contributed by atoms with Crippen molar-refractivity contribution in [3.8, 4) is 0 Å². The minimum Gasteiger partial charge on any atom is -0.472 e. The van der Waals surface area contributed by atoms with Crippen molar-refractivity contribution < 1.29 is 9.21 Å². The number of furan rings is 1. The van der Waals surface area contributed by atoms with Crippen LogP contribution in [-0.2, 0) is 11.2 Å². The lowest BCUT2D eigenvalue weighted by Gasteiger charge is -2.05. The van der Waals surface area contributed by atoms with Crippen molar-refractivity contribution in [3.05, 3.63) is 24.2 Å². The van der Waals surface area contributed by atoms with Crippen LogP contribution in [0, 0.1) is 0 Å². The van der Waals surface area contributed by atoms with Gasteiger partial charge in [0.2, 0.25) is 0 Å². The maximum Gasteiger partial charge on any atom is 0.151 e. The molecule has 0 fully saturated rings. The number of Topliss-reactive ketones (excluding diaryl/α,β-unsaturated/α-hetero) is 1. The minimum absolute atomic E-state index is 0.190. The van der Waals surface area contributed by atoms with E-state index in [0.29, 0.717) is 19.0 Å². The van der Waals surface area contributed by atoms with E-state index in [4.69, 9.17) is 4.42 Å². The lowest BCUT2D eigenvalue weighted by Crippen LogP contribution is -2.29. The number of nitrogens with one attached hydrogen (secondary N) is 1. The topological polar surface area (TPSA) is 42.2 Å². The van der Waals surface area contributed by atoms with Crippen LogP contribution in [0.3, 0.4) is 0 Å². The molecular formula is C10H15NO2. The third-order valence-electron chi connectivity index (χ3n) is 1.69. The summed E-state index contributed by atoms with van der Waals surface area (Å²) in [5.74, 6) is 0.190. The molecule has 0 aromatic carbocycles. The highest BCUT2D eigenvalue weighted by molar-refractivity contribution is 5.82. The Balaban J connectivity index is 2.26. The van der Waals surface area contributed by atoms with Crippen LogP contribution < -0.4 is 5.32 Å². The Morgan fingerprint density at radius 1 is 1.62 bits per heavy atom. The Labute approximate surface area is 78.1 Å². The summed E-state index contributed by atoms with van der Waals surface area (Å²) in [5, 5.41) is 3.08. The third-order valence-corrected chi connectivity index (χ3v) is 1.69. The summed E-state index contributed by atoms with van der Waals surface area (Å²) in [6, 6.07) is 2.17. The SMILES string of the molecule is CC(C)NCC(=O)Cc1ccoc1. The Hall–Kier alpha value is -1.09. The molecule has 0 saturated carbocycles. The van der Waals surface area contributed by atoms with E-state index in [1.165, 1.54) is 0 Å². The summed E-state index contributed by atoms with van der Waals surface area (Å²) in [5.41, 5.74) is 0.940. The molecule has 3 heteroatoms. The summed E-state index contributed by atoms with van der Waals surface area (Å²) in [4.78, 5) is 11.3. The van der Waals surface area contributed by atoms with Gasteiger partial charge in [0.05, 0.1) is 19.1 Å². The zero-order valence-corrected chi connectivity index (χ0v) is 8.04. The van der Waals surface area contributed by atoms with E-state index in [-0.39, 0.29) is 5.78 Å². The first-order chi connectivity index (χ1) is 6.18.